The first-order valence-corrected chi connectivity index (χ1v) is 6.50. The van der Waals surface area contributed by atoms with Crippen LogP contribution in [0.5, 0.6) is 5.75 Å². The third kappa shape index (κ3) is 3.02. The van der Waals surface area contributed by atoms with Crippen LogP contribution in [0.3, 0.4) is 0 Å². The van der Waals surface area contributed by atoms with Crippen molar-refractivity contribution in [2.45, 2.75) is 19.1 Å². The molecule has 1 heterocycles. The molecule has 0 radical (unpaired) electrons. The molecule has 0 bridgehead atoms. The summed E-state index contributed by atoms with van der Waals surface area (Å²) < 4.78 is 5.70. The van der Waals surface area contributed by atoms with Crippen LogP contribution in [0.15, 0.2) is 24.3 Å². The minimum Gasteiger partial charge on any atom is -0.508 e. The number of rotatable bonds is 4. The van der Waals surface area contributed by atoms with Gasteiger partial charge in [-0.1, -0.05) is 18.2 Å². The third-order valence-corrected chi connectivity index (χ3v) is 3.54. The number of likely N-dealkylation sites (N-methyl/N-ethyl adjacent to an activating group) is 1. The molecule has 2 rings (SSSR count). The Bertz CT molecular complexity index is 382. The van der Waals surface area contributed by atoms with Gasteiger partial charge in [-0.25, -0.2) is 0 Å². The number of morpholine rings is 1. The van der Waals surface area contributed by atoms with Gasteiger partial charge in [0.25, 0.3) is 0 Å². The summed E-state index contributed by atoms with van der Waals surface area (Å²) in [5.74, 6) is 0.377. The van der Waals surface area contributed by atoms with E-state index in [-0.39, 0.29) is 12.1 Å². The lowest BCUT2D eigenvalue weighted by Crippen LogP contribution is -2.46. The van der Waals surface area contributed by atoms with Crippen LogP contribution in [-0.2, 0) is 4.74 Å². The molecule has 0 spiro atoms. The van der Waals surface area contributed by atoms with Crippen molar-refractivity contribution < 1.29 is 9.84 Å². The van der Waals surface area contributed by atoms with Crippen LogP contribution in [0, 0.1) is 0 Å². The molecule has 2 unspecified atom stereocenters. The Labute approximate surface area is 109 Å². The highest BCUT2D eigenvalue weighted by atomic mass is 16.5. The zero-order valence-electron chi connectivity index (χ0n) is 11.1. The van der Waals surface area contributed by atoms with Crippen molar-refractivity contribution in [2.75, 3.05) is 33.3 Å². The predicted molar refractivity (Wildman–Crippen MR) is 71.8 cm³/mol. The lowest BCUT2D eigenvalue weighted by atomic mass is 10.0. The summed E-state index contributed by atoms with van der Waals surface area (Å²) in [7, 11) is 1.94. The highest BCUT2D eigenvalue weighted by Crippen LogP contribution is 2.28. The molecule has 0 saturated carbocycles. The van der Waals surface area contributed by atoms with E-state index in [2.05, 4.69) is 17.1 Å². The summed E-state index contributed by atoms with van der Waals surface area (Å²) in [6.07, 6.45) is 0.233. The second-order valence-corrected chi connectivity index (χ2v) is 4.78. The summed E-state index contributed by atoms with van der Waals surface area (Å²) in [6.45, 7) is 5.57. The van der Waals surface area contributed by atoms with Crippen LogP contribution in [0.4, 0.5) is 0 Å². The van der Waals surface area contributed by atoms with Gasteiger partial charge in [0.05, 0.1) is 12.7 Å². The number of aromatic hydroxyl groups is 1. The SMILES string of the molecule is CNCC1CN(C(C)c2ccccc2O)CCO1. The van der Waals surface area contributed by atoms with Gasteiger partial charge in [-0.2, -0.15) is 0 Å². The highest BCUT2D eigenvalue weighted by molar-refractivity contribution is 5.34. The van der Waals surface area contributed by atoms with E-state index in [9.17, 15) is 5.11 Å². The molecule has 0 aromatic heterocycles. The molecular formula is C14H22N2O2. The van der Waals surface area contributed by atoms with E-state index in [4.69, 9.17) is 4.74 Å². The molecule has 1 aliphatic rings. The fourth-order valence-electron chi connectivity index (χ4n) is 2.48. The average molecular weight is 250 g/mol. The van der Waals surface area contributed by atoms with Crippen molar-refractivity contribution in [1.29, 1.82) is 0 Å². The molecule has 4 heteroatoms. The van der Waals surface area contributed by atoms with E-state index in [1.165, 1.54) is 0 Å². The zero-order chi connectivity index (χ0) is 13.0. The standard InChI is InChI=1S/C14H22N2O2/c1-11(13-5-3-4-6-14(13)17)16-7-8-18-12(10-16)9-15-2/h3-6,11-12,15,17H,7-10H2,1-2H3. The lowest BCUT2D eigenvalue weighted by Gasteiger charge is -2.37. The second kappa shape index (κ2) is 6.18. The topological polar surface area (TPSA) is 44.7 Å². The van der Waals surface area contributed by atoms with Crippen LogP contribution in [0.1, 0.15) is 18.5 Å². The molecule has 0 amide bonds. The monoisotopic (exact) mass is 250 g/mol. The molecule has 2 atom stereocenters. The maximum absolute atomic E-state index is 9.91. The first-order valence-electron chi connectivity index (χ1n) is 6.50. The number of para-hydroxylation sites is 1. The van der Waals surface area contributed by atoms with E-state index < -0.39 is 0 Å². The fraction of sp³-hybridized carbons (Fsp3) is 0.571. The summed E-state index contributed by atoms with van der Waals surface area (Å²) in [5.41, 5.74) is 0.989. The van der Waals surface area contributed by atoms with Crippen molar-refractivity contribution >= 4 is 0 Å². The van der Waals surface area contributed by atoms with Crippen LogP contribution < -0.4 is 5.32 Å². The van der Waals surface area contributed by atoms with Crippen LogP contribution >= 0.6 is 0 Å². The number of phenols is 1. The first-order chi connectivity index (χ1) is 8.72. The summed E-state index contributed by atoms with van der Waals surface area (Å²) in [4.78, 5) is 2.36. The molecular weight excluding hydrogens is 228 g/mol. The van der Waals surface area contributed by atoms with E-state index in [1.54, 1.807) is 6.07 Å². The molecule has 2 N–H and O–H groups in total. The fourth-order valence-corrected chi connectivity index (χ4v) is 2.48. The van der Waals surface area contributed by atoms with Crippen LogP contribution in [0.25, 0.3) is 0 Å². The van der Waals surface area contributed by atoms with Gasteiger partial charge >= 0.3 is 0 Å². The Morgan fingerprint density at radius 3 is 3.00 bits per heavy atom. The number of nitrogens with zero attached hydrogens (tertiary/aromatic N) is 1. The summed E-state index contributed by atoms with van der Waals surface area (Å²) in [5, 5.41) is 13.1. The van der Waals surface area contributed by atoms with Gasteiger partial charge in [0.2, 0.25) is 0 Å². The molecule has 1 aliphatic heterocycles. The van der Waals surface area contributed by atoms with E-state index >= 15 is 0 Å². The third-order valence-electron chi connectivity index (χ3n) is 3.54. The molecule has 100 valence electrons. The quantitative estimate of drug-likeness (QED) is 0.847. The minimum atomic E-state index is 0.217. The van der Waals surface area contributed by atoms with Gasteiger partial charge in [-0.05, 0) is 20.0 Å². The number of hydrogen-bond acceptors (Lipinski definition) is 4. The molecule has 18 heavy (non-hydrogen) atoms. The normalized spacial score (nSPS) is 22.9. The molecule has 4 nitrogen and oxygen atoms in total. The van der Waals surface area contributed by atoms with E-state index in [0.717, 1.165) is 31.8 Å². The highest BCUT2D eigenvalue weighted by Gasteiger charge is 2.25. The zero-order valence-corrected chi connectivity index (χ0v) is 11.1. The molecule has 0 aliphatic carbocycles. The van der Waals surface area contributed by atoms with Crippen molar-refractivity contribution in [3.05, 3.63) is 29.8 Å². The van der Waals surface area contributed by atoms with Gasteiger partial charge in [0, 0.05) is 31.2 Å². The largest absolute Gasteiger partial charge is 0.508 e. The van der Waals surface area contributed by atoms with Crippen LogP contribution in [0.2, 0.25) is 0 Å². The summed E-state index contributed by atoms with van der Waals surface area (Å²) >= 11 is 0. The number of nitrogens with one attached hydrogen (secondary N) is 1. The van der Waals surface area contributed by atoms with Gasteiger partial charge in [0.15, 0.2) is 0 Å². The van der Waals surface area contributed by atoms with Crippen molar-refractivity contribution in [2.24, 2.45) is 0 Å². The minimum absolute atomic E-state index is 0.217. The van der Waals surface area contributed by atoms with Gasteiger partial charge in [-0.15, -0.1) is 0 Å². The first kappa shape index (κ1) is 13.3. The second-order valence-electron chi connectivity index (χ2n) is 4.78. The Morgan fingerprint density at radius 2 is 2.28 bits per heavy atom. The van der Waals surface area contributed by atoms with Crippen molar-refractivity contribution in [1.82, 2.24) is 10.2 Å². The number of hydrogen-bond donors (Lipinski definition) is 2. The molecule has 1 aromatic rings. The number of phenolic OH excluding ortho intramolecular Hbond substituents is 1. The maximum Gasteiger partial charge on any atom is 0.120 e. The van der Waals surface area contributed by atoms with Gasteiger partial charge < -0.3 is 15.2 Å². The summed E-state index contributed by atoms with van der Waals surface area (Å²) in [6, 6.07) is 7.78. The van der Waals surface area contributed by atoms with E-state index in [0.29, 0.717) is 5.75 Å². The average Bonchev–Trinajstić information content (AvgIpc) is 2.39. The number of benzene rings is 1. The Hall–Kier alpha value is -1.10. The Balaban J connectivity index is 2.04. The lowest BCUT2D eigenvalue weighted by molar-refractivity contribution is -0.0395. The molecule has 1 aromatic carbocycles. The predicted octanol–water partition coefficient (Wildman–Crippen LogP) is 1.37. The molecule has 1 fully saturated rings. The van der Waals surface area contributed by atoms with Gasteiger partial charge in [0.1, 0.15) is 5.75 Å². The number of ether oxygens (including phenoxy) is 1. The van der Waals surface area contributed by atoms with Crippen molar-refractivity contribution in [3.63, 3.8) is 0 Å². The van der Waals surface area contributed by atoms with Gasteiger partial charge in [-0.3, -0.25) is 4.90 Å². The van der Waals surface area contributed by atoms with E-state index in [1.807, 2.05) is 25.2 Å². The maximum atomic E-state index is 9.91. The molecule has 1 saturated heterocycles. The van der Waals surface area contributed by atoms with Crippen molar-refractivity contribution in [3.8, 4) is 5.75 Å². The van der Waals surface area contributed by atoms with Crippen LogP contribution in [-0.4, -0.2) is 49.4 Å². The smallest absolute Gasteiger partial charge is 0.120 e. The Kier molecular flexibility index (Phi) is 4.58. The Morgan fingerprint density at radius 1 is 1.50 bits per heavy atom.